The first-order chi connectivity index (χ1) is 16.0. The van der Waals surface area contributed by atoms with Crippen molar-refractivity contribution >= 4 is 0 Å². The molecular formula is C26H25N5O2. The molecule has 33 heavy (non-hydrogen) atoms. The maximum Gasteiger partial charge on any atom is 0.331 e. The molecule has 7 heteroatoms. The molecule has 2 aromatic carbocycles. The van der Waals surface area contributed by atoms with Crippen molar-refractivity contribution in [3.8, 4) is 12.1 Å². The summed E-state index contributed by atoms with van der Waals surface area (Å²) in [5.41, 5.74) is 8.26. The average Bonchev–Trinajstić information content (AvgIpc) is 2.83. The molecule has 0 radical (unpaired) electrons. The zero-order valence-corrected chi connectivity index (χ0v) is 18.3. The summed E-state index contributed by atoms with van der Waals surface area (Å²) in [6.45, 7) is 0.190. The quantitative estimate of drug-likeness (QED) is 0.656. The Kier molecular flexibility index (Phi) is 6.53. The largest absolute Gasteiger partial charge is 0.331 e. The summed E-state index contributed by atoms with van der Waals surface area (Å²) in [7, 11) is 0. The Morgan fingerprint density at radius 2 is 1.45 bits per heavy atom. The van der Waals surface area contributed by atoms with E-state index in [4.69, 9.17) is 5.73 Å². The molecular weight excluding hydrogens is 414 g/mol. The fourth-order valence-electron chi connectivity index (χ4n) is 4.65. The third kappa shape index (κ3) is 4.64. The van der Waals surface area contributed by atoms with E-state index in [1.54, 1.807) is 41.0 Å². The highest BCUT2D eigenvalue weighted by Gasteiger charge is 2.25. The molecule has 1 aliphatic rings. The Hall–Kier alpha value is -3.94. The van der Waals surface area contributed by atoms with E-state index in [0.717, 1.165) is 23.8 Å². The van der Waals surface area contributed by atoms with Gasteiger partial charge in [0.15, 0.2) is 0 Å². The average molecular weight is 440 g/mol. The number of benzene rings is 2. The molecule has 0 amide bonds. The van der Waals surface area contributed by atoms with Crippen molar-refractivity contribution in [2.24, 2.45) is 5.73 Å². The highest BCUT2D eigenvalue weighted by molar-refractivity contribution is 5.38. The fourth-order valence-corrected chi connectivity index (χ4v) is 4.65. The van der Waals surface area contributed by atoms with Crippen molar-refractivity contribution in [1.29, 1.82) is 10.5 Å². The Labute approximate surface area is 191 Å². The summed E-state index contributed by atoms with van der Waals surface area (Å²) >= 11 is 0. The Bertz CT molecular complexity index is 1370. The van der Waals surface area contributed by atoms with Crippen LogP contribution in [0.5, 0.6) is 0 Å². The van der Waals surface area contributed by atoms with E-state index in [-0.39, 0.29) is 25.0 Å². The van der Waals surface area contributed by atoms with Gasteiger partial charge in [-0.05, 0) is 42.5 Å². The van der Waals surface area contributed by atoms with Crippen LogP contribution in [0.2, 0.25) is 0 Å². The van der Waals surface area contributed by atoms with Crippen LogP contribution in [0.15, 0.2) is 64.2 Å². The maximum absolute atomic E-state index is 13.7. The molecule has 4 rings (SSSR count). The number of nitrogens with two attached hydrogens (primary N) is 1. The van der Waals surface area contributed by atoms with E-state index in [1.165, 1.54) is 6.07 Å². The number of nitriles is 2. The predicted molar refractivity (Wildman–Crippen MR) is 125 cm³/mol. The van der Waals surface area contributed by atoms with Crippen molar-refractivity contribution in [2.45, 2.75) is 50.7 Å². The van der Waals surface area contributed by atoms with E-state index >= 15 is 0 Å². The van der Waals surface area contributed by atoms with Crippen molar-refractivity contribution in [2.75, 3.05) is 0 Å². The second-order valence-electron chi connectivity index (χ2n) is 8.52. The van der Waals surface area contributed by atoms with Crippen LogP contribution >= 0.6 is 0 Å². The molecule has 1 saturated carbocycles. The minimum Gasteiger partial charge on any atom is -0.328 e. The predicted octanol–water partition coefficient (Wildman–Crippen LogP) is 2.83. The first kappa shape index (κ1) is 22.3. The molecule has 1 fully saturated rings. The molecule has 1 heterocycles. The molecule has 2 atom stereocenters. The summed E-state index contributed by atoms with van der Waals surface area (Å²) in [4.78, 5) is 26.8. The van der Waals surface area contributed by atoms with Gasteiger partial charge < -0.3 is 5.73 Å². The number of hydrogen-bond acceptors (Lipinski definition) is 5. The Morgan fingerprint density at radius 3 is 2.03 bits per heavy atom. The molecule has 1 aliphatic carbocycles. The van der Waals surface area contributed by atoms with Crippen LogP contribution in [0, 0.1) is 22.7 Å². The van der Waals surface area contributed by atoms with Crippen LogP contribution in [0.3, 0.4) is 0 Å². The van der Waals surface area contributed by atoms with Gasteiger partial charge in [0.05, 0.1) is 36.4 Å². The summed E-state index contributed by atoms with van der Waals surface area (Å²) in [6, 6.07) is 20.0. The van der Waals surface area contributed by atoms with Gasteiger partial charge in [-0.2, -0.15) is 10.5 Å². The van der Waals surface area contributed by atoms with Gasteiger partial charge in [0, 0.05) is 23.7 Å². The zero-order valence-electron chi connectivity index (χ0n) is 18.3. The zero-order chi connectivity index (χ0) is 23.4. The van der Waals surface area contributed by atoms with Gasteiger partial charge in [-0.1, -0.05) is 42.8 Å². The molecule has 0 saturated heterocycles. The summed E-state index contributed by atoms with van der Waals surface area (Å²) < 4.78 is 2.77. The highest BCUT2D eigenvalue weighted by atomic mass is 16.2. The van der Waals surface area contributed by atoms with Gasteiger partial charge in [0.2, 0.25) is 0 Å². The lowest BCUT2D eigenvalue weighted by Gasteiger charge is -2.29. The molecule has 1 aromatic heterocycles. The molecule has 1 unspecified atom stereocenters. The minimum atomic E-state index is -0.447. The normalized spacial score (nSPS) is 17.8. The van der Waals surface area contributed by atoms with E-state index in [9.17, 15) is 20.1 Å². The molecule has 0 aliphatic heterocycles. The number of hydrogen-bond donors (Lipinski definition) is 1. The van der Waals surface area contributed by atoms with Crippen molar-refractivity contribution in [1.82, 2.24) is 9.13 Å². The van der Waals surface area contributed by atoms with Crippen LogP contribution in [0.25, 0.3) is 0 Å². The van der Waals surface area contributed by atoms with Crippen LogP contribution in [-0.2, 0) is 13.1 Å². The second kappa shape index (κ2) is 9.68. The SMILES string of the molecule is N#Cc1ccccc1Cn1c(C2CCC[C@@H](N)C2)cc(=O)n(Cc2ccccc2C#N)c1=O. The first-order valence-electron chi connectivity index (χ1n) is 11.1. The van der Waals surface area contributed by atoms with E-state index < -0.39 is 11.2 Å². The molecule has 7 nitrogen and oxygen atoms in total. The van der Waals surface area contributed by atoms with Gasteiger partial charge in [0.25, 0.3) is 5.56 Å². The lowest BCUT2D eigenvalue weighted by atomic mass is 9.83. The summed E-state index contributed by atoms with van der Waals surface area (Å²) in [5.74, 6) is 0.00411. The van der Waals surface area contributed by atoms with Crippen LogP contribution in [-0.4, -0.2) is 15.2 Å². The number of rotatable bonds is 5. The van der Waals surface area contributed by atoms with Gasteiger partial charge in [0.1, 0.15) is 0 Å². The number of aromatic nitrogens is 2. The van der Waals surface area contributed by atoms with E-state index in [1.807, 2.05) is 12.1 Å². The van der Waals surface area contributed by atoms with Crippen molar-refractivity contribution < 1.29 is 0 Å². The van der Waals surface area contributed by atoms with E-state index in [0.29, 0.717) is 34.4 Å². The lowest BCUT2D eigenvalue weighted by Crippen LogP contribution is -2.43. The first-order valence-corrected chi connectivity index (χ1v) is 11.1. The van der Waals surface area contributed by atoms with Gasteiger partial charge in [-0.25, -0.2) is 4.79 Å². The van der Waals surface area contributed by atoms with Crippen LogP contribution < -0.4 is 17.0 Å². The third-order valence-corrected chi connectivity index (χ3v) is 6.38. The fraction of sp³-hybridized carbons (Fsp3) is 0.308. The Morgan fingerprint density at radius 1 is 0.879 bits per heavy atom. The molecule has 166 valence electrons. The highest BCUT2D eigenvalue weighted by Crippen LogP contribution is 2.31. The topological polar surface area (TPSA) is 118 Å². The standard InChI is InChI=1S/C26H25N5O2/c27-14-19-6-1-3-8-21(19)16-30-24(18-10-5-11-23(29)12-18)13-25(32)31(26(30)33)17-22-9-4-2-7-20(22)15-28/h1-4,6-9,13,18,23H,5,10-12,16-17,29H2/t18?,23-/m1/s1. The van der Waals surface area contributed by atoms with Gasteiger partial charge in [-0.15, -0.1) is 0 Å². The third-order valence-electron chi connectivity index (χ3n) is 6.38. The smallest absolute Gasteiger partial charge is 0.328 e. The van der Waals surface area contributed by atoms with Gasteiger partial charge in [-0.3, -0.25) is 13.9 Å². The number of nitrogens with zero attached hydrogens (tertiary/aromatic N) is 4. The van der Waals surface area contributed by atoms with Crippen molar-refractivity contribution in [3.05, 3.63) is 103 Å². The van der Waals surface area contributed by atoms with E-state index in [2.05, 4.69) is 12.1 Å². The molecule has 0 spiro atoms. The Balaban J connectivity index is 1.86. The maximum atomic E-state index is 13.7. The monoisotopic (exact) mass is 439 g/mol. The second-order valence-corrected chi connectivity index (χ2v) is 8.52. The molecule has 0 bridgehead atoms. The van der Waals surface area contributed by atoms with Crippen LogP contribution in [0.1, 0.15) is 59.5 Å². The lowest BCUT2D eigenvalue weighted by molar-refractivity contribution is 0.374. The minimum absolute atomic E-state index is 0.00411. The summed E-state index contributed by atoms with van der Waals surface area (Å²) in [6.07, 6.45) is 3.43. The summed E-state index contributed by atoms with van der Waals surface area (Å²) in [5, 5.41) is 18.9. The van der Waals surface area contributed by atoms with Crippen molar-refractivity contribution in [3.63, 3.8) is 0 Å². The molecule has 3 aromatic rings. The molecule has 2 N–H and O–H groups in total. The van der Waals surface area contributed by atoms with Gasteiger partial charge >= 0.3 is 5.69 Å². The van der Waals surface area contributed by atoms with Crippen LogP contribution in [0.4, 0.5) is 0 Å².